The molecule has 2 N–H and O–H groups in total. The molecule has 1 aliphatic carbocycles. The van der Waals surface area contributed by atoms with Crippen molar-refractivity contribution in [3.63, 3.8) is 0 Å². The number of aromatic nitrogens is 2. The second-order valence-corrected chi connectivity index (χ2v) is 4.62. The molecule has 0 atom stereocenters. The van der Waals surface area contributed by atoms with E-state index in [9.17, 15) is 0 Å². The first kappa shape index (κ1) is 8.75. The molecule has 1 aromatic rings. The molecule has 1 aromatic heterocycles. The molecule has 1 fully saturated rings. The van der Waals surface area contributed by atoms with Crippen molar-refractivity contribution < 1.29 is 0 Å². The summed E-state index contributed by atoms with van der Waals surface area (Å²) in [4.78, 5) is 0. The Morgan fingerprint density at radius 3 is 2.54 bits per heavy atom. The van der Waals surface area contributed by atoms with E-state index < -0.39 is 0 Å². The van der Waals surface area contributed by atoms with E-state index in [1.165, 1.54) is 5.69 Å². The minimum atomic E-state index is 0.000787. The van der Waals surface area contributed by atoms with Gasteiger partial charge in [0, 0.05) is 29.9 Å². The van der Waals surface area contributed by atoms with Gasteiger partial charge in [-0.25, -0.2) is 0 Å². The van der Waals surface area contributed by atoms with E-state index in [2.05, 4.69) is 25.0 Å². The maximum atomic E-state index is 6.24. The molecule has 0 radical (unpaired) electrons. The molecule has 13 heavy (non-hydrogen) atoms. The van der Waals surface area contributed by atoms with E-state index in [1.807, 2.05) is 17.9 Å². The smallest absolute Gasteiger partial charge is 0.0492 e. The van der Waals surface area contributed by atoms with Crippen LogP contribution in [0.1, 0.15) is 32.4 Å². The van der Waals surface area contributed by atoms with Gasteiger partial charge in [-0.3, -0.25) is 4.68 Å². The average molecular weight is 179 g/mol. The summed E-state index contributed by atoms with van der Waals surface area (Å²) >= 11 is 0. The third kappa shape index (κ3) is 1.10. The number of aryl methyl sites for hydroxylation is 1. The van der Waals surface area contributed by atoms with Crippen LogP contribution in [0.3, 0.4) is 0 Å². The maximum absolute atomic E-state index is 6.24. The van der Waals surface area contributed by atoms with Gasteiger partial charge in [-0.05, 0) is 18.9 Å². The summed E-state index contributed by atoms with van der Waals surface area (Å²) in [6, 6.07) is 2.06. The highest BCUT2D eigenvalue weighted by molar-refractivity contribution is 5.26. The zero-order valence-electron chi connectivity index (χ0n) is 8.54. The van der Waals surface area contributed by atoms with Crippen LogP contribution < -0.4 is 5.73 Å². The molecule has 0 unspecified atom stereocenters. The van der Waals surface area contributed by atoms with E-state index in [-0.39, 0.29) is 11.0 Å². The number of hydrogen-bond donors (Lipinski definition) is 1. The highest BCUT2D eigenvalue weighted by Gasteiger charge is 2.52. The Hall–Kier alpha value is -0.830. The van der Waals surface area contributed by atoms with Crippen LogP contribution in [0.2, 0.25) is 0 Å². The number of nitrogens with two attached hydrogens (primary N) is 1. The Morgan fingerprint density at radius 2 is 2.15 bits per heavy atom. The average Bonchev–Trinajstić information content (AvgIpc) is 2.63. The number of rotatable bonds is 2. The van der Waals surface area contributed by atoms with Gasteiger partial charge in [-0.1, -0.05) is 13.8 Å². The molecule has 0 aromatic carbocycles. The van der Waals surface area contributed by atoms with Crippen LogP contribution in [-0.2, 0) is 12.5 Å². The molecule has 1 heterocycles. The van der Waals surface area contributed by atoms with Crippen LogP contribution in [0.5, 0.6) is 0 Å². The Bertz CT molecular complexity index is 321. The van der Waals surface area contributed by atoms with Gasteiger partial charge in [-0.15, -0.1) is 0 Å². The topological polar surface area (TPSA) is 43.8 Å². The molecule has 3 heteroatoms. The first-order valence-corrected chi connectivity index (χ1v) is 4.75. The van der Waals surface area contributed by atoms with Crippen molar-refractivity contribution in [2.45, 2.75) is 37.6 Å². The van der Waals surface area contributed by atoms with E-state index in [1.54, 1.807) is 0 Å². The second-order valence-electron chi connectivity index (χ2n) is 4.62. The molecule has 0 spiro atoms. The highest BCUT2D eigenvalue weighted by Crippen LogP contribution is 2.48. The van der Waals surface area contributed by atoms with Gasteiger partial charge in [-0.2, -0.15) is 5.10 Å². The largest absolute Gasteiger partial charge is 0.324 e. The van der Waals surface area contributed by atoms with Crippen molar-refractivity contribution >= 4 is 0 Å². The lowest BCUT2D eigenvalue weighted by Crippen LogP contribution is -2.44. The van der Waals surface area contributed by atoms with E-state index >= 15 is 0 Å². The van der Waals surface area contributed by atoms with Gasteiger partial charge in [0.05, 0.1) is 0 Å². The molecule has 0 aliphatic heterocycles. The SMILES string of the molecule is Cn1nccc1C(C)(C)C1(N)CC1. The van der Waals surface area contributed by atoms with Crippen LogP contribution in [0.4, 0.5) is 0 Å². The minimum absolute atomic E-state index is 0.000787. The third-order valence-corrected chi connectivity index (χ3v) is 3.49. The van der Waals surface area contributed by atoms with Gasteiger partial charge < -0.3 is 5.73 Å². The van der Waals surface area contributed by atoms with Gasteiger partial charge in [0.25, 0.3) is 0 Å². The van der Waals surface area contributed by atoms with Gasteiger partial charge in [0.2, 0.25) is 0 Å². The Morgan fingerprint density at radius 1 is 1.54 bits per heavy atom. The molecule has 3 nitrogen and oxygen atoms in total. The van der Waals surface area contributed by atoms with Crippen molar-refractivity contribution in [2.75, 3.05) is 0 Å². The maximum Gasteiger partial charge on any atom is 0.0492 e. The fourth-order valence-corrected chi connectivity index (χ4v) is 2.00. The molecule has 1 aliphatic rings. The fraction of sp³-hybridized carbons (Fsp3) is 0.700. The zero-order chi connectivity index (χ0) is 9.69. The first-order chi connectivity index (χ1) is 5.97. The lowest BCUT2D eigenvalue weighted by Gasteiger charge is -2.31. The second kappa shape index (κ2) is 2.35. The lowest BCUT2D eigenvalue weighted by atomic mass is 9.79. The van der Waals surface area contributed by atoms with Gasteiger partial charge >= 0.3 is 0 Å². The van der Waals surface area contributed by atoms with Crippen LogP contribution >= 0.6 is 0 Å². The monoisotopic (exact) mass is 179 g/mol. The van der Waals surface area contributed by atoms with E-state index in [0.29, 0.717) is 0 Å². The molecule has 72 valence electrons. The third-order valence-electron chi connectivity index (χ3n) is 3.49. The van der Waals surface area contributed by atoms with Gasteiger partial charge in [0.15, 0.2) is 0 Å². The number of hydrogen-bond acceptors (Lipinski definition) is 2. The van der Waals surface area contributed by atoms with E-state index in [0.717, 1.165) is 12.8 Å². The van der Waals surface area contributed by atoms with Crippen molar-refractivity contribution in [2.24, 2.45) is 12.8 Å². The van der Waals surface area contributed by atoms with Crippen molar-refractivity contribution in [3.05, 3.63) is 18.0 Å². The van der Waals surface area contributed by atoms with Crippen molar-refractivity contribution in [1.82, 2.24) is 9.78 Å². The number of nitrogens with zero attached hydrogens (tertiary/aromatic N) is 2. The minimum Gasteiger partial charge on any atom is -0.324 e. The Labute approximate surface area is 78.9 Å². The molecular formula is C10H17N3. The summed E-state index contributed by atoms with van der Waals surface area (Å²) in [7, 11) is 1.98. The molecule has 2 rings (SSSR count). The Kier molecular flexibility index (Phi) is 1.58. The van der Waals surface area contributed by atoms with Gasteiger partial charge in [0.1, 0.15) is 0 Å². The summed E-state index contributed by atoms with van der Waals surface area (Å²) in [6.45, 7) is 4.41. The molecule has 0 bridgehead atoms. The van der Waals surface area contributed by atoms with Crippen LogP contribution in [0, 0.1) is 0 Å². The predicted octanol–water partition coefficient (Wildman–Crippen LogP) is 1.19. The quantitative estimate of drug-likeness (QED) is 0.741. The van der Waals surface area contributed by atoms with Crippen LogP contribution in [-0.4, -0.2) is 15.3 Å². The predicted molar refractivity (Wildman–Crippen MR) is 52.4 cm³/mol. The summed E-state index contributed by atoms with van der Waals surface area (Å²) < 4.78 is 1.92. The standard InChI is InChI=1S/C10H17N3/c1-9(2,10(11)5-6-10)8-4-7-12-13(8)3/h4,7H,5-6,11H2,1-3H3. The highest BCUT2D eigenvalue weighted by atomic mass is 15.3. The molecule has 0 saturated heterocycles. The summed E-state index contributed by atoms with van der Waals surface area (Å²) in [5.41, 5.74) is 7.51. The van der Waals surface area contributed by atoms with Crippen LogP contribution in [0.25, 0.3) is 0 Å². The van der Waals surface area contributed by atoms with Crippen LogP contribution in [0.15, 0.2) is 12.3 Å². The zero-order valence-corrected chi connectivity index (χ0v) is 8.54. The molecule has 1 saturated carbocycles. The molecule has 0 amide bonds. The van der Waals surface area contributed by atoms with Crippen molar-refractivity contribution in [1.29, 1.82) is 0 Å². The normalized spacial score (nSPS) is 20.3. The Balaban J connectivity index is 2.40. The molecular weight excluding hydrogens is 162 g/mol. The first-order valence-electron chi connectivity index (χ1n) is 4.75. The summed E-state index contributed by atoms with van der Waals surface area (Å²) in [6.07, 6.45) is 4.10. The summed E-state index contributed by atoms with van der Waals surface area (Å²) in [5, 5.41) is 4.19. The van der Waals surface area contributed by atoms with Crippen molar-refractivity contribution in [3.8, 4) is 0 Å². The lowest BCUT2D eigenvalue weighted by molar-refractivity contribution is 0.365. The summed E-state index contributed by atoms with van der Waals surface area (Å²) in [5.74, 6) is 0. The van der Waals surface area contributed by atoms with E-state index in [4.69, 9.17) is 5.73 Å². The fourth-order valence-electron chi connectivity index (χ4n) is 2.00.